The first kappa shape index (κ1) is 19.8. The number of imidazole rings is 1. The summed E-state index contributed by atoms with van der Waals surface area (Å²) >= 11 is 1.07. The van der Waals surface area contributed by atoms with E-state index in [0.717, 1.165) is 18.1 Å². The molecule has 0 saturated carbocycles. The van der Waals surface area contributed by atoms with E-state index < -0.39 is 16.0 Å². The lowest BCUT2D eigenvalue weighted by Gasteiger charge is -2.13. The Morgan fingerprint density at radius 3 is 2.65 bits per heavy atom. The van der Waals surface area contributed by atoms with Gasteiger partial charge in [0.05, 0.1) is 17.6 Å². The van der Waals surface area contributed by atoms with Gasteiger partial charge >= 0.3 is 5.97 Å². The molecule has 0 amide bonds. The van der Waals surface area contributed by atoms with Gasteiger partial charge in [0.1, 0.15) is 11.2 Å². The Morgan fingerprint density at radius 1 is 1.42 bits per heavy atom. The fraction of sp³-hybridized carbons (Fsp3) is 0.267. The Balaban J connectivity index is 2.66. The molecule has 0 bridgehead atoms. The lowest BCUT2D eigenvalue weighted by atomic mass is 10.2. The van der Waals surface area contributed by atoms with Crippen LogP contribution in [0, 0.1) is 0 Å². The molecule has 0 unspecified atom stereocenters. The van der Waals surface area contributed by atoms with Gasteiger partial charge in [-0.15, -0.1) is 4.40 Å². The molecule has 0 atom stereocenters. The molecule has 26 heavy (non-hydrogen) atoms. The lowest BCUT2D eigenvalue weighted by Crippen LogP contribution is -2.12. The molecule has 9 nitrogen and oxygen atoms in total. The quantitative estimate of drug-likeness (QED) is 0.334. The van der Waals surface area contributed by atoms with Gasteiger partial charge in [-0.25, -0.2) is 9.78 Å². The molecule has 2 rings (SSSR count). The molecular weight excluding hydrogens is 378 g/mol. The van der Waals surface area contributed by atoms with E-state index in [2.05, 4.69) is 14.1 Å². The first-order valence-electron chi connectivity index (χ1n) is 7.29. The van der Waals surface area contributed by atoms with Crippen molar-refractivity contribution >= 4 is 39.8 Å². The molecule has 1 heterocycles. The van der Waals surface area contributed by atoms with Gasteiger partial charge in [-0.1, -0.05) is 0 Å². The van der Waals surface area contributed by atoms with Crippen LogP contribution in [0.5, 0.6) is 0 Å². The monoisotopic (exact) mass is 397 g/mol. The highest BCUT2D eigenvalue weighted by Crippen LogP contribution is 2.38. The summed E-state index contributed by atoms with van der Waals surface area (Å²) in [6.07, 6.45) is 4.46. The molecule has 1 aromatic carbocycles. The van der Waals surface area contributed by atoms with Crippen molar-refractivity contribution in [1.29, 1.82) is 0 Å². The predicted molar refractivity (Wildman–Crippen MR) is 98.9 cm³/mol. The minimum Gasteiger partial charge on any atom is -0.465 e. The van der Waals surface area contributed by atoms with Gasteiger partial charge in [0, 0.05) is 39.2 Å². The van der Waals surface area contributed by atoms with E-state index in [1.807, 2.05) is 0 Å². The van der Waals surface area contributed by atoms with E-state index in [0.29, 0.717) is 5.16 Å². The van der Waals surface area contributed by atoms with E-state index in [9.17, 15) is 13.2 Å². The highest BCUT2D eigenvalue weighted by molar-refractivity contribution is 8.00. The molecule has 0 aliphatic carbocycles. The van der Waals surface area contributed by atoms with Crippen LogP contribution < -0.4 is 5.73 Å². The van der Waals surface area contributed by atoms with Gasteiger partial charge in [-0.2, -0.15) is 8.42 Å². The van der Waals surface area contributed by atoms with Crippen molar-refractivity contribution in [1.82, 2.24) is 14.5 Å². The van der Waals surface area contributed by atoms with Gasteiger partial charge in [0.15, 0.2) is 5.16 Å². The summed E-state index contributed by atoms with van der Waals surface area (Å²) in [7, 11) is 2.15. The number of carbonyl (C=O) groups excluding carboxylic acids is 1. The molecule has 2 aromatic rings. The molecule has 1 aromatic heterocycles. The Morgan fingerprint density at radius 2 is 2.12 bits per heavy atom. The first-order chi connectivity index (χ1) is 12.2. The van der Waals surface area contributed by atoms with Crippen molar-refractivity contribution in [2.45, 2.75) is 14.9 Å². The normalized spacial score (nSPS) is 11.7. The number of carbonyl (C=O) groups is 1. The molecular formula is C15H19N5O4S2. The van der Waals surface area contributed by atoms with Gasteiger partial charge in [0.2, 0.25) is 0 Å². The zero-order valence-electron chi connectivity index (χ0n) is 14.7. The van der Waals surface area contributed by atoms with Crippen molar-refractivity contribution in [3.05, 3.63) is 30.1 Å². The number of anilines is 1. The molecule has 0 spiro atoms. The summed E-state index contributed by atoms with van der Waals surface area (Å²) in [4.78, 5) is 17.5. The van der Waals surface area contributed by atoms with Crippen molar-refractivity contribution in [2.24, 2.45) is 11.4 Å². The SMILES string of the molecule is COC(=O)c1cc(N)c(Sc2nccn2C)c(S(=O)(=O)N=CN(C)C)c1. The number of aryl methyl sites for hydroxylation is 1. The predicted octanol–water partition coefficient (Wildman–Crippen LogP) is 1.22. The summed E-state index contributed by atoms with van der Waals surface area (Å²) in [5.41, 5.74) is 6.17. The molecule has 0 radical (unpaired) electrons. The number of rotatable bonds is 6. The van der Waals surface area contributed by atoms with Crippen LogP contribution in [0.4, 0.5) is 5.69 Å². The minimum absolute atomic E-state index is 0.0211. The number of esters is 1. The van der Waals surface area contributed by atoms with E-state index in [1.165, 1.54) is 24.1 Å². The maximum absolute atomic E-state index is 12.7. The Bertz CT molecular complexity index is 951. The lowest BCUT2D eigenvalue weighted by molar-refractivity contribution is 0.0600. The van der Waals surface area contributed by atoms with Crippen molar-refractivity contribution in [2.75, 3.05) is 26.9 Å². The second kappa shape index (κ2) is 7.79. The van der Waals surface area contributed by atoms with E-state index in [-0.39, 0.29) is 21.0 Å². The zero-order chi connectivity index (χ0) is 19.5. The zero-order valence-corrected chi connectivity index (χ0v) is 16.3. The van der Waals surface area contributed by atoms with Gasteiger partial charge in [0.25, 0.3) is 10.0 Å². The topological polar surface area (TPSA) is 120 Å². The van der Waals surface area contributed by atoms with Crippen LogP contribution in [0.1, 0.15) is 10.4 Å². The van der Waals surface area contributed by atoms with Gasteiger partial charge < -0.3 is 19.9 Å². The van der Waals surface area contributed by atoms with Crippen molar-refractivity contribution in [3.8, 4) is 0 Å². The van der Waals surface area contributed by atoms with Crippen LogP contribution in [0.15, 0.2) is 43.9 Å². The summed E-state index contributed by atoms with van der Waals surface area (Å²) < 4.78 is 35.4. The van der Waals surface area contributed by atoms with Crippen molar-refractivity contribution in [3.63, 3.8) is 0 Å². The van der Waals surface area contributed by atoms with Crippen LogP contribution in [0.25, 0.3) is 0 Å². The summed E-state index contributed by atoms with van der Waals surface area (Å²) in [5, 5.41) is 0.538. The number of nitrogens with two attached hydrogens (primary N) is 1. The molecule has 0 aliphatic rings. The van der Waals surface area contributed by atoms with E-state index in [1.54, 1.807) is 38.1 Å². The molecule has 0 fully saturated rings. The smallest absolute Gasteiger partial charge is 0.337 e. The summed E-state index contributed by atoms with van der Waals surface area (Å²) in [6.45, 7) is 0. The van der Waals surface area contributed by atoms with Crippen molar-refractivity contribution < 1.29 is 17.9 Å². The number of hydrogen-bond donors (Lipinski definition) is 1. The second-order valence-corrected chi connectivity index (χ2v) is 8.04. The average molecular weight is 397 g/mol. The maximum atomic E-state index is 12.7. The summed E-state index contributed by atoms with van der Waals surface area (Å²) in [5.74, 6) is -0.696. The highest BCUT2D eigenvalue weighted by Gasteiger charge is 2.24. The fourth-order valence-electron chi connectivity index (χ4n) is 1.92. The third-order valence-electron chi connectivity index (χ3n) is 3.17. The number of methoxy groups -OCH3 is 1. The molecule has 140 valence electrons. The van der Waals surface area contributed by atoms with Crippen LogP contribution >= 0.6 is 11.8 Å². The molecule has 0 saturated heterocycles. The number of sulfonamides is 1. The highest BCUT2D eigenvalue weighted by atomic mass is 32.2. The molecule has 11 heteroatoms. The second-order valence-electron chi connectivity index (χ2n) is 5.47. The largest absolute Gasteiger partial charge is 0.465 e. The van der Waals surface area contributed by atoms with Crippen LogP contribution in [-0.4, -0.2) is 56.4 Å². The number of nitrogen functional groups attached to an aromatic ring is 1. The van der Waals surface area contributed by atoms with E-state index in [4.69, 9.17) is 5.73 Å². The third-order valence-corrected chi connectivity index (χ3v) is 5.78. The number of nitrogens with zero attached hydrogens (tertiary/aromatic N) is 4. The number of benzene rings is 1. The first-order valence-corrected chi connectivity index (χ1v) is 9.55. The average Bonchev–Trinajstić information content (AvgIpc) is 2.98. The Labute approximate surface area is 155 Å². The fourth-order valence-corrected chi connectivity index (χ4v) is 4.25. The Kier molecular flexibility index (Phi) is 5.93. The van der Waals surface area contributed by atoms with Crippen LogP contribution in [0.2, 0.25) is 0 Å². The molecule has 2 N–H and O–H groups in total. The molecule has 0 aliphatic heterocycles. The van der Waals surface area contributed by atoms with Gasteiger partial charge in [-0.05, 0) is 23.9 Å². The van der Waals surface area contributed by atoms with E-state index >= 15 is 0 Å². The Hall–Kier alpha value is -2.53. The van der Waals surface area contributed by atoms with Gasteiger partial charge in [-0.3, -0.25) is 0 Å². The van der Waals surface area contributed by atoms with Crippen LogP contribution in [0.3, 0.4) is 0 Å². The minimum atomic E-state index is -4.11. The number of ether oxygens (including phenoxy) is 1. The number of aromatic nitrogens is 2. The third kappa shape index (κ3) is 4.35. The maximum Gasteiger partial charge on any atom is 0.337 e. The standard InChI is InChI=1S/C15H19N5O4S2/c1-19(2)9-18-26(22,23)12-8-10(14(21)24-4)7-11(16)13(12)25-15-17-5-6-20(15)3/h5-9H,16H2,1-4H3. The van der Waals surface area contributed by atoms with Crippen LogP contribution in [-0.2, 0) is 21.8 Å². The number of hydrogen-bond acceptors (Lipinski definition) is 7. The summed E-state index contributed by atoms with van der Waals surface area (Å²) in [6, 6.07) is 2.57.